The number of halogens is 1. The summed E-state index contributed by atoms with van der Waals surface area (Å²) in [5.41, 5.74) is -0.325. The number of benzene rings is 3. The van der Waals surface area contributed by atoms with Gasteiger partial charge in [0.15, 0.2) is 26.3 Å². The second-order valence-corrected chi connectivity index (χ2v) is 10.3. The first-order valence-electron chi connectivity index (χ1n) is 10.9. The number of ether oxygens (including phenoxy) is 1. The second kappa shape index (κ2) is 9.26. The lowest BCUT2D eigenvalue weighted by Crippen LogP contribution is -2.39. The van der Waals surface area contributed by atoms with Gasteiger partial charge in [-0.3, -0.25) is 0 Å². The molecule has 0 saturated heterocycles. The van der Waals surface area contributed by atoms with Gasteiger partial charge in [-0.1, -0.05) is 56.2 Å². The van der Waals surface area contributed by atoms with E-state index in [1.54, 1.807) is 6.07 Å². The average molecular weight is 422 g/mol. The normalized spacial score (nSPS) is 16.5. The molecule has 0 N–H and O–H groups in total. The molecule has 1 fully saturated rings. The molecule has 0 radical (unpaired) electrons. The molecule has 1 unspecified atom stereocenters. The molecule has 3 heteroatoms. The Morgan fingerprint density at radius 2 is 1.43 bits per heavy atom. The zero-order valence-corrected chi connectivity index (χ0v) is 18.6. The Bertz CT molecular complexity index is 914. The summed E-state index contributed by atoms with van der Waals surface area (Å²) in [6.07, 6.45) is 5.72. The maximum Gasteiger partial charge on any atom is 0.170 e. The Labute approximate surface area is 182 Å². The highest BCUT2D eigenvalue weighted by Crippen LogP contribution is 2.41. The highest BCUT2D eigenvalue weighted by molar-refractivity contribution is 7.97. The van der Waals surface area contributed by atoms with E-state index in [1.807, 2.05) is 24.3 Å². The Morgan fingerprint density at radius 3 is 1.97 bits per heavy atom. The number of hydrogen-bond acceptors (Lipinski definition) is 1. The molecule has 3 aromatic carbocycles. The van der Waals surface area contributed by atoms with Crippen LogP contribution in [0.2, 0.25) is 0 Å². The van der Waals surface area contributed by atoms with Gasteiger partial charge < -0.3 is 4.74 Å². The fraction of sp³-hybridized carbons (Fsp3) is 0.333. The molecule has 30 heavy (non-hydrogen) atoms. The standard InChI is InChI=1S/C27H30FOS/c1-3-27(2,21-12-10-11-13-21)29-26-20-24(18-19-25(26)28)30(22-14-6-4-7-15-22)23-16-8-5-9-17-23/h4-9,14-21H,3,10-13H2,1-2H3/q+1. The molecule has 0 amide bonds. The first-order chi connectivity index (χ1) is 14.6. The van der Waals surface area contributed by atoms with Gasteiger partial charge in [0, 0.05) is 6.07 Å². The summed E-state index contributed by atoms with van der Waals surface area (Å²) in [4.78, 5) is 3.51. The van der Waals surface area contributed by atoms with E-state index in [2.05, 4.69) is 62.4 Å². The summed E-state index contributed by atoms with van der Waals surface area (Å²) in [6.45, 7) is 4.31. The molecule has 0 spiro atoms. The van der Waals surface area contributed by atoms with Gasteiger partial charge in [0.25, 0.3) is 0 Å². The van der Waals surface area contributed by atoms with Crippen LogP contribution < -0.4 is 4.74 Å². The third kappa shape index (κ3) is 4.41. The Kier molecular flexibility index (Phi) is 6.48. The molecule has 1 aliphatic carbocycles. The Hall–Kier alpha value is -2.26. The van der Waals surface area contributed by atoms with Gasteiger partial charge in [-0.05, 0) is 68.5 Å². The maximum absolute atomic E-state index is 14.9. The van der Waals surface area contributed by atoms with E-state index in [0.29, 0.717) is 11.7 Å². The zero-order valence-electron chi connectivity index (χ0n) is 17.8. The van der Waals surface area contributed by atoms with E-state index >= 15 is 0 Å². The van der Waals surface area contributed by atoms with Gasteiger partial charge >= 0.3 is 0 Å². The fourth-order valence-corrected chi connectivity index (χ4v) is 6.55. The second-order valence-electron chi connectivity index (χ2n) is 8.27. The van der Waals surface area contributed by atoms with Crippen molar-refractivity contribution in [2.24, 2.45) is 5.92 Å². The first kappa shape index (κ1) is 21.0. The molecule has 1 saturated carbocycles. The van der Waals surface area contributed by atoms with E-state index < -0.39 is 0 Å². The molecule has 0 aliphatic heterocycles. The topological polar surface area (TPSA) is 9.23 Å². The molecule has 4 rings (SSSR count). The molecular weight excluding hydrogens is 391 g/mol. The third-order valence-electron chi connectivity index (χ3n) is 6.36. The molecule has 1 atom stereocenters. The molecule has 0 heterocycles. The minimum absolute atomic E-state index is 0.277. The molecule has 0 aromatic heterocycles. The van der Waals surface area contributed by atoms with Crippen LogP contribution >= 0.6 is 0 Å². The SMILES string of the molecule is CCC(C)(Oc1cc([S+](c2ccccc2)c2ccccc2)ccc1F)C1CCCC1. The lowest BCUT2D eigenvalue weighted by atomic mass is 9.85. The average Bonchev–Trinajstić information content (AvgIpc) is 3.33. The molecule has 3 aromatic rings. The van der Waals surface area contributed by atoms with Crippen molar-refractivity contribution < 1.29 is 9.13 Å². The lowest BCUT2D eigenvalue weighted by Gasteiger charge is -2.35. The van der Waals surface area contributed by atoms with Crippen LogP contribution in [-0.4, -0.2) is 5.60 Å². The van der Waals surface area contributed by atoms with Gasteiger partial charge in [0.2, 0.25) is 0 Å². The van der Waals surface area contributed by atoms with Crippen molar-refractivity contribution in [2.75, 3.05) is 0 Å². The summed E-state index contributed by atoms with van der Waals surface area (Å²) in [6, 6.07) is 26.3. The van der Waals surface area contributed by atoms with E-state index in [0.717, 1.165) is 11.3 Å². The van der Waals surface area contributed by atoms with Crippen LogP contribution in [0.3, 0.4) is 0 Å². The van der Waals surface area contributed by atoms with Gasteiger partial charge in [-0.25, -0.2) is 4.39 Å². The largest absolute Gasteiger partial charge is 0.484 e. The minimum atomic E-state index is -0.325. The fourth-order valence-electron chi connectivity index (χ4n) is 4.44. The van der Waals surface area contributed by atoms with Crippen molar-refractivity contribution in [3.05, 3.63) is 84.7 Å². The highest BCUT2D eigenvalue weighted by Gasteiger charge is 2.38. The summed E-state index contributed by atoms with van der Waals surface area (Å²) < 4.78 is 21.3. The minimum Gasteiger partial charge on any atom is -0.484 e. The number of rotatable bonds is 7. The zero-order chi connectivity index (χ0) is 21.0. The van der Waals surface area contributed by atoms with Crippen LogP contribution in [0, 0.1) is 11.7 Å². The summed E-state index contributed by atoms with van der Waals surface area (Å²) >= 11 is 0. The molecule has 1 nitrogen and oxygen atoms in total. The van der Waals surface area contributed by atoms with Crippen molar-refractivity contribution in [1.29, 1.82) is 0 Å². The van der Waals surface area contributed by atoms with Crippen molar-refractivity contribution in [3.63, 3.8) is 0 Å². The maximum atomic E-state index is 14.9. The van der Waals surface area contributed by atoms with Crippen molar-refractivity contribution >= 4 is 10.9 Å². The Balaban J connectivity index is 1.73. The molecular formula is C27H30FOS+. The van der Waals surface area contributed by atoms with Crippen molar-refractivity contribution in [2.45, 2.75) is 66.2 Å². The molecule has 1 aliphatic rings. The summed E-state index contributed by atoms with van der Waals surface area (Å²) in [7, 11) is -0.312. The number of hydrogen-bond donors (Lipinski definition) is 0. The van der Waals surface area contributed by atoms with Crippen LogP contribution in [0.25, 0.3) is 0 Å². The quantitative estimate of drug-likeness (QED) is 0.356. The smallest absolute Gasteiger partial charge is 0.170 e. The van der Waals surface area contributed by atoms with E-state index in [-0.39, 0.29) is 22.3 Å². The van der Waals surface area contributed by atoms with Crippen molar-refractivity contribution in [3.8, 4) is 5.75 Å². The molecule has 156 valence electrons. The van der Waals surface area contributed by atoms with E-state index in [1.165, 1.54) is 35.5 Å². The summed E-state index contributed by atoms with van der Waals surface area (Å²) in [5, 5.41) is 0. The van der Waals surface area contributed by atoms with Gasteiger partial charge in [0.05, 0.1) is 10.9 Å². The third-order valence-corrected chi connectivity index (χ3v) is 8.57. The predicted molar refractivity (Wildman–Crippen MR) is 123 cm³/mol. The summed E-state index contributed by atoms with van der Waals surface area (Å²) in [5.74, 6) is 0.598. The van der Waals surface area contributed by atoms with E-state index in [4.69, 9.17) is 4.74 Å². The van der Waals surface area contributed by atoms with Crippen LogP contribution in [0.5, 0.6) is 5.75 Å². The van der Waals surface area contributed by atoms with Crippen LogP contribution in [0.15, 0.2) is 93.5 Å². The first-order valence-corrected chi connectivity index (χ1v) is 12.2. The molecule has 0 bridgehead atoms. The van der Waals surface area contributed by atoms with Crippen molar-refractivity contribution in [1.82, 2.24) is 0 Å². The van der Waals surface area contributed by atoms with Gasteiger partial charge in [-0.2, -0.15) is 0 Å². The van der Waals surface area contributed by atoms with Gasteiger partial charge in [-0.15, -0.1) is 0 Å². The van der Waals surface area contributed by atoms with E-state index in [9.17, 15) is 4.39 Å². The monoisotopic (exact) mass is 421 g/mol. The van der Waals surface area contributed by atoms with Crippen LogP contribution in [0.4, 0.5) is 4.39 Å². The van der Waals surface area contributed by atoms with Crippen LogP contribution in [-0.2, 0) is 10.9 Å². The highest BCUT2D eigenvalue weighted by atomic mass is 32.2. The van der Waals surface area contributed by atoms with Gasteiger partial charge in [0.1, 0.15) is 5.60 Å². The lowest BCUT2D eigenvalue weighted by molar-refractivity contribution is 0.0204. The predicted octanol–water partition coefficient (Wildman–Crippen LogP) is 7.66. The Morgan fingerprint density at radius 1 is 0.867 bits per heavy atom. The van der Waals surface area contributed by atoms with Crippen LogP contribution in [0.1, 0.15) is 46.0 Å².